The summed E-state index contributed by atoms with van der Waals surface area (Å²) in [6.07, 6.45) is -0.816. The highest BCUT2D eigenvalue weighted by Gasteiger charge is 2.36. The molecule has 0 spiro atoms. The maximum atomic E-state index is 13.7. The second-order valence-electron chi connectivity index (χ2n) is 9.69. The maximum absolute atomic E-state index is 13.7. The lowest BCUT2D eigenvalue weighted by atomic mass is 10.0. The van der Waals surface area contributed by atoms with Gasteiger partial charge in [0.2, 0.25) is 5.91 Å². The van der Waals surface area contributed by atoms with Gasteiger partial charge in [0.25, 0.3) is 5.91 Å². The zero-order valence-corrected chi connectivity index (χ0v) is 22.4. The molecule has 0 aromatic heterocycles. The molecule has 3 amide bonds. The standard InChI is InChI=1S/C28H33N3O6S/c1-28(2,3)37-27(36)30-23(17-38)26(35)31(13-14-32)24(20-9-6-10-22(33)16-20)25(34)29-21-12-11-18-7-4-5-8-19(18)15-21/h4-12,15-16,23-24,32-33,38H,13-14,17H2,1-3H3,(H,29,34)(H,30,36). The lowest BCUT2D eigenvalue weighted by Crippen LogP contribution is -2.53. The Morgan fingerprint density at radius 2 is 1.71 bits per heavy atom. The third-order valence-electron chi connectivity index (χ3n) is 5.56. The van der Waals surface area contributed by atoms with Gasteiger partial charge < -0.3 is 30.5 Å². The van der Waals surface area contributed by atoms with Crippen LogP contribution in [-0.2, 0) is 14.3 Å². The number of aromatic hydroxyl groups is 1. The molecule has 0 saturated carbocycles. The number of alkyl carbamates (subject to hydrolysis) is 1. The second-order valence-corrected chi connectivity index (χ2v) is 10.1. The van der Waals surface area contributed by atoms with Crippen LogP contribution in [0.5, 0.6) is 5.75 Å². The van der Waals surface area contributed by atoms with Crippen molar-refractivity contribution in [3.05, 3.63) is 72.3 Å². The Balaban J connectivity index is 1.96. The Bertz CT molecular complexity index is 1290. The number of anilines is 1. The van der Waals surface area contributed by atoms with Gasteiger partial charge in [-0.3, -0.25) is 9.59 Å². The molecule has 0 saturated heterocycles. The van der Waals surface area contributed by atoms with E-state index in [2.05, 4.69) is 23.3 Å². The molecule has 0 heterocycles. The summed E-state index contributed by atoms with van der Waals surface area (Å²) < 4.78 is 5.27. The summed E-state index contributed by atoms with van der Waals surface area (Å²) in [4.78, 5) is 40.9. The Kier molecular flexibility index (Phi) is 9.60. The van der Waals surface area contributed by atoms with Crippen LogP contribution in [0.1, 0.15) is 32.4 Å². The first-order valence-electron chi connectivity index (χ1n) is 12.1. The van der Waals surface area contributed by atoms with E-state index in [1.165, 1.54) is 12.1 Å². The number of amides is 3. The van der Waals surface area contributed by atoms with Crippen LogP contribution in [0.15, 0.2) is 66.7 Å². The first kappa shape index (κ1) is 28.8. The first-order chi connectivity index (χ1) is 18.0. The topological polar surface area (TPSA) is 128 Å². The lowest BCUT2D eigenvalue weighted by molar-refractivity contribution is -0.140. The van der Waals surface area contributed by atoms with Crippen LogP contribution in [-0.4, -0.2) is 63.6 Å². The molecule has 2 atom stereocenters. The zero-order valence-electron chi connectivity index (χ0n) is 21.5. The number of hydrogen-bond acceptors (Lipinski definition) is 7. The van der Waals surface area contributed by atoms with Gasteiger partial charge in [-0.15, -0.1) is 0 Å². The van der Waals surface area contributed by atoms with Crippen LogP contribution in [0.25, 0.3) is 10.8 Å². The molecular formula is C28H33N3O6S. The van der Waals surface area contributed by atoms with Gasteiger partial charge in [-0.25, -0.2) is 4.79 Å². The van der Waals surface area contributed by atoms with E-state index in [9.17, 15) is 24.6 Å². The van der Waals surface area contributed by atoms with Crippen molar-refractivity contribution in [3.63, 3.8) is 0 Å². The quantitative estimate of drug-likeness (QED) is 0.263. The number of carbonyl (C=O) groups excluding carboxylic acids is 3. The number of aliphatic hydroxyl groups excluding tert-OH is 1. The number of aliphatic hydroxyl groups is 1. The molecule has 38 heavy (non-hydrogen) atoms. The average molecular weight is 540 g/mol. The number of phenolic OH excluding ortho intramolecular Hbond substituents is 1. The van der Waals surface area contributed by atoms with Gasteiger partial charge in [0.1, 0.15) is 23.4 Å². The fourth-order valence-electron chi connectivity index (χ4n) is 3.96. The number of nitrogens with zero attached hydrogens (tertiary/aromatic N) is 1. The van der Waals surface area contributed by atoms with E-state index in [4.69, 9.17) is 4.74 Å². The van der Waals surface area contributed by atoms with Crippen molar-refractivity contribution < 1.29 is 29.3 Å². The van der Waals surface area contributed by atoms with Crippen LogP contribution >= 0.6 is 12.6 Å². The number of benzene rings is 3. The average Bonchev–Trinajstić information content (AvgIpc) is 2.85. The smallest absolute Gasteiger partial charge is 0.408 e. The minimum absolute atomic E-state index is 0.0843. The SMILES string of the molecule is CC(C)(C)OC(=O)NC(CS)C(=O)N(CCO)C(C(=O)Nc1ccc2ccccc2c1)c1cccc(O)c1. The van der Waals surface area contributed by atoms with Crippen molar-refractivity contribution in [3.8, 4) is 5.75 Å². The van der Waals surface area contributed by atoms with Gasteiger partial charge in [-0.05, 0) is 61.4 Å². The van der Waals surface area contributed by atoms with Gasteiger partial charge in [-0.1, -0.05) is 42.5 Å². The predicted octanol–water partition coefficient (Wildman–Crippen LogP) is 3.87. The number of fused-ring (bicyclic) bond motifs is 1. The van der Waals surface area contributed by atoms with Crippen molar-refractivity contribution in [1.29, 1.82) is 0 Å². The minimum Gasteiger partial charge on any atom is -0.508 e. The number of phenols is 1. The number of hydrogen-bond donors (Lipinski definition) is 5. The molecule has 4 N–H and O–H groups in total. The molecule has 2 unspecified atom stereocenters. The van der Waals surface area contributed by atoms with Gasteiger partial charge in [0.15, 0.2) is 0 Å². The fraction of sp³-hybridized carbons (Fsp3) is 0.321. The monoisotopic (exact) mass is 539 g/mol. The van der Waals surface area contributed by atoms with Crippen LogP contribution < -0.4 is 10.6 Å². The van der Waals surface area contributed by atoms with Gasteiger partial charge in [-0.2, -0.15) is 12.6 Å². The van der Waals surface area contributed by atoms with E-state index in [1.54, 1.807) is 39.0 Å². The maximum Gasteiger partial charge on any atom is 0.408 e. The summed E-state index contributed by atoms with van der Waals surface area (Å²) in [6, 6.07) is 16.7. The van der Waals surface area contributed by atoms with Crippen LogP contribution in [0.4, 0.5) is 10.5 Å². The van der Waals surface area contributed by atoms with E-state index in [0.29, 0.717) is 11.3 Å². The highest BCUT2D eigenvalue weighted by atomic mass is 32.1. The number of carbonyl (C=O) groups is 3. The summed E-state index contributed by atoms with van der Waals surface area (Å²) >= 11 is 4.22. The second kappa shape index (κ2) is 12.7. The van der Waals surface area contributed by atoms with Gasteiger partial charge in [0, 0.05) is 18.0 Å². The van der Waals surface area contributed by atoms with Crippen molar-refractivity contribution in [2.75, 3.05) is 24.2 Å². The molecule has 3 rings (SSSR count). The van der Waals surface area contributed by atoms with E-state index in [-0.39, 0.29) is 18.0 Å². The summed E-state index contributed by atoms with van der Waals surface area (Å²) in [7, 11) is 0. The van der Waals surface area contributed by atoms with E-state index in [0.717, 1.165) is 15.7 Å². The number of thiol groups is 1. The Morgan fingerprint density at radius 1 is 1.00 bits per heavy atom. The number of rotatable bonds is 9. The van der Waals surface area contributed by atoms with E-state index in [1.807, 2.05) is 36.4 Å². The van der Waals surface area contributed by atoms with E-state index >= 15 is 0 Å². The third kappa shape index (κ3) is 7.62. The molecular weight excluding hydrogens is 506 g/mol. The molecule has 3 aromatic carbocycles. The van der Waals surface area contributed by atoms with Crippen LogP contribution in [0.3, 0.4) is 0 Å². The molecule has 10 heteroatoms. The van der Waals surface area contributed by atoms with Crippen molar-refractivity contribution in [1.82, 2.24) is 10.2 Å². The highest BCUT2D eigenvalue weighted by molar-refractivity contribution is 7.80. The first-order valence-corrected chi connectivity index (χ1v) is 12.8. The number of nitrogens with one attached hydrogen (secondary N) is 2. The highest BCUT2D eigenvalue weighted by Crippen LogP contribution is 2.28. The Morgan fingerprint density at radius 3 is 2.34 bits per heavy atom. The molecule has 0 aliphatic carbocycles. The number of ether oxygens (including phenoxy) is 1. The zero-order chi connectivity index (χ0) is 27.9. The Labute approximate surface area is 227 Å². The molecule has 0 aliphatic heterocycles. The van der Waals surface area contributed by atoms with E-state index < -0.39 is 42.2 Å². The van der Waals surface area contributed by atoms with Gasteiger partial charge in [0.05, 0.1) is 6.61 Å². The summed E-state index contributed by atoms with van der Waals surface area (Å²) in [6.45, 7) is 4.41. The Hall–Kier alpha value is -3.76. The third-order valence-corrected chi connectivity index (χ3v) is 5.92. The normalized spacial score (nSPS) is 12.9. The van der Waals surface area contributed by atoms with Crippen LogP contribution in [0, 0.1) is 0 Å². The molecule has 0 bridgehead atoms. The van der Waals surface area contributed by atoms with Crippen molar-refractivity contribution >= 4 is 47.0 Å². The fourth-order valence-corrected chi connectivity index (χ4v) is 4.20. The molecule has 9 nitrogen and oxygen atoms in total. The molecule has 0 aliphatic rings. The molecule has 0 radical (unpaired) electrons. The predicted molar refractivity (Wildman–Crippen MR) is 149 cm³/mol. The largest absolute Gasteiger partial charge is 0.508 e. The summed E-state index contributed by atoms with van der Waals surface area (Å²) in [5.74, 6) is -1.40. The molecule has 0 fully saturated rings. The summed E-state index contributed by atoms with van der Waals surface area (Å²) in [5.41, 5.74) is 0.0382. The molecule has 202 valence electrons. The summed E-state index contributed by atoms with van der Waals surface area (Å²) in [5, 5.41) is 27.2. The lowest BCUT2D eigenvalue weighted by Gasteiger charge is -2.33. The van der Waals surface area contributed by atoms with Crippen molar-refractivity contribution in [2.45, 2.75) is 38.5 Å². The van der Waals surface area contributed by atoms with Crippen molar-refractivity contribution in [2.24, 2.45) is 0 Å². The van der Waals surface area contributed by atoms with Gasteiger partial charge >= 0.3 is 6.09 Å². The molecule has 3 aromatic rings. The van der Waals surface area contributed by atoms with Crippen LogP contribution in [0.2, 0.25) is 0 Å². The minimum atomic E-state index is -1.24.